The van der Waals surface area contributed by atoms with Crippen LogP contribution in [0.5, 0.6) is 0 Å². The van der Waals surface area contributed by atoms with Gasteiger partial charge in [-0.25, -0.2) is 4.98 Å². The molecule has 0 bridgehead atoms. The van der Waals surface area contributed by atoms with Crippen LogP contribution in [0.3, 0.4) is 0 Å². The first kappa shape index (κ1) is 7.97. The second-order valence-corrected chi connectivity index (χ2v) is 3.18. The molecule has 2 rings (SSSR count). The van der Waals surface area contributed by atoms with Gasteiger partial charge in [0.1, 0.15) is 6.33 Å². The molecule has 0 aromatic carbocycles. The molecule has 2 aromatic rings. The van der Waals surface area contributed by atoms with Gasteiger partial charge in [-0.2, -0.15) is 0 Å². The molecule has 13 heavy (non-hydrogen) atoms. The molecule has 1 N–H and O–H groups in total. The van der Waals surface area contributed by atoms with E-state index >= 15 is 0 Å². The average molecular weight is 177 g/mol. The highest BCUT2D eigenvalue weighted by molar-refractivity contribution is 5.43. The number of fused-ring (bicyclic) bond motifs is 1. The molecule has 0 saturated carbocycles. The van der Waals surface area contributed by atoms with Crippen LogP contribution in [-0.2, 0) is 0 Å². The summed E-state index contributed by atoms with van der Waals surface area (Å²) in [6.07, 6.45) is 5.31. The molecule has 0 amide bonds. The number of aromatic nitrogens is 4. The molecule has 0 fully saturated rings. The van der Waals surface area contributed by atoms with Crippen LogP contribution in [0, 0.1) is 0 Å². The number of hydrogen-bond acceptors (Lipinski definition) is 4. The summed E-state index contributed by atoms with van der Waals surface area (Å²) >= 11 is 0. The molecule has 0 radical (unpaired) electrons. The zero-order chi connectivity index (χ0) is 9.26. The van der Waals surface area contributed by atoms with Gasteiger partial charge < -0.3 is 5.32 Å². The Morgan fingerprint density at radius 2 is 2.31 bits per heavy atom. The van der Waals surface area contributed by atoms with Gasteiger partial charge in [0.05, 0.1) is 11.9 Å². The van der Waals surface area contributed by atoms with Crippen LogP contribution in [0.15, 0.2) is 18.7 Å². The van der Waals surface area contributed by atoms with Crippen LogP contribution in [0.1, 0.15) is 13.8 Å². The van der Waals surface area contributed by atoms with E-state index in [0.717, 1.165) is 5.69 Å². The van der Waals surface area contributed by atoms with Crippen molar-refractivity contribution >= 4 is 11.5 Å². The van der Waals surface area contributed by atoms with E-state index in [1.165, 1.54) is 0 Å². The van der Waals surface area contributed by atoms with E-state index in [-0.39, 0.29) is 0 Å². The van der Waals surface area contributed by atoms with Crippen molar-refractivity contribution in [2.24, 2.45) is 0 Å². The Bertz CT molecular complexity index is 406. The second kappa shape index (κ2) is 3.01. The molecule has 0 saturated heterocycles. The third kappa shape index (κ3) is 1.58. The smallest absolute Gasteiger partial charge is 0.254 e. The first-order valence-electron chi connectivity index (χ1n) is 4.17. The number of rotatable bonds is 2. The maximum Gasteiger partial charge on any atom is 0.254 e. The zero-order valence-electron chi connectivity index (χ0n) is 7.60. The minimum absolute atomic E-state index is 0.399. The largest absolute Gasteiger partial charge is 0.380 e. The molecule has 0 aliphatic carbocycles. The number of nitrogens with one attached hydrogen (secondary N) is 1. The molecular formula is C8H11N5. The second-order valence-electron chi connectivity index (χ2n) is 3.18. The lowest BCUT2D eigenvalue weighted by atomic mass is 10.4. The van der Waals surface area contributed by atoms with Crippen molar-refractivity contribution < 1.29 is 0 Å². The summed E-state index contributed by atoms with van der Waals surface area (Å²) in [4.78, 5) is 4.12. The Morgan fingerprint density at radius 1 is 1.46 bits per heavy atom. The predicted octanol–water partition coefficient (Wildman–Crippen LogP) is 0.945. The van der Waals surface area contributed by atoms with Crippen molar-refractivity contribution in [1.82, 2.24) is 19.6 Å². The summed E-state index contributed by atoms with van der Waals surface area (Å²) in [5.41, 5.74) is 0.974. The third-order valence-corrected chi connectivity index (χ3v) is 1.61. The Hall–Kier alpha value is -1.65. The Labute approximate surface area is 75.8 Å². The first-order chi connectivity index (χ1) is 6.25. The van der Waals surface area contributed by atoms with Gasteiger partial charge >= 0.3 is 0 Å². The molecule has 0 aliphatic heterocycles. The van der Waals surface area contributed by atoms with Gasteiger partial charge in [-0.05, 0) is 13.8 Å². The minimum atomic E-state index is 0.399. The van der Waals surface area contributed by atoms with Crippen molar-refractivity contribution in [2.45, 2.75) is 19.9 Å². The van der Waals surface area contributed by atoms with Crippen LogP contribution in [-0.4, -0.2) is 25.6 Å². The quantitative estimate of drug-likeness (QED) is 0.741. The molecule has 0 aliphatic rings. The van der Waals surface area contributed by atoms with Gasteiger partial charge in [-0.15, -0.1) is 10.2 Å². The van der Waals surface area contributed by atoms with E-state index in [9.17, 15) is 0 Å². The maximum absolute atomic E-state index is 4.12. The predicted molar refractivity (Wildman–Crippen MR) is 49.5 cm³/mol. The highest BCUT2D eigenvalue weighted by Gasteiger charge is 1.99. The lowest BCUT2D eigenvalue weighted by Crippen LogP contribution is -2.10. The zero-order valence-corrected chi connectivity index (χ0v) is 7.60. The molecule has 0 spiro atoms. The summed E-state index contributed by atoms with van der Waals surface area (Å²) in [5, 5.41) is 10.8. The fourth-order valence-corrected chi connectivity index (χ4v) is 1.14. The van der Waals surface area contributed by atoms with Crippen LogP contribution < -0.4 is 5.32 Å². The highest BCUT2D eigenvalue weighted by Crippen LogP contribution is 2.06. The first-order valence-corrected chi connectivity index (χ1v) is 4.17. The van der Waals surface area contributed by atoms with Gasteiger partial charge in [-0.3, -0.25) is 4.40 Å². The summed E-state index contributed by atoms with van der Waals surface area (Å²) in [6.45, 7) is 4.16. The van der Waals surface area contributed by atoms with Crippen molar-refractivity contribution in [3.63, 3.8) is 0 Å². The normalized spacial score (nSPS) is 11.0. The fraction of sp³-hybridized carbons (Fsp3) is 0.375. The Kier molecular flexibility index (Phi) is 1.84. The van der Waals surface area contributed by atoms with Crippen LogP contribution in [0.4, 0.5) is 5.69 Å². The molecule has 0 atom stereocenters. The van der Waals surface area contributed by atoms with Gasteiger partial charge in [0.2, 0.25) is 0 Å². The molecule has 0 unspecified atom stereocenters. The summed E-state index contributed by atoms with van der Waals surface area (Å²) < 4.78 is 1.78. The van der Waals surface area contributed by atoms with Gasteiger partial charge in [0.15, 0.2) is 0 Å². The molecule has 5 heteroatoms. The molecule has 2 aromatic heterocycles. The topological polar surface area (TPSA) is 55.1 Å². The van der Waals surface area contributed by atoms with Crippen LogP contribution >= 0.6 is 0 Å². The summed E-state index contributed by atoms with van der Waals surface area (Å²) in [5.74, 6) is 0.620. The number of hydrogen-bond donors (Lipinski definition) is 1. The lowest BCUT2D eigenvalue weighted by Gasteiger charge is -2.08. The van der Waals surface area contributed by atoms with Crippen molar-refractivity contribution in [1.29, 1.82) is 0 Å². The molecule has 5 nitrogen and oxygen atoms in total. The van der Waals surface area contributed by atoms with Gasteiger partial charge in [-0.1, -0.05) is 0 Å². The van der Waals surface area contributed by atoms with Crippen molar-refractivity contribution in [3.8, 4) is 0 Å². The van der Waals surface area contributed by atoms with E-state index in [0.29, 0.717) is 11.8 Å². The maximum atomic E-state index is 4.12. The van der Waals surface area contributed by atoms with Gasteiger partial charge in [0, 0.05) is 12.2 Å². The monoisotopic (exact) mass is 177 g/mol. The molecule has 68 valence electrons. The van der Waals surface area contributed by atoms with E-state index in [1.54, 1.807) is 16.9 Å². The molecular weight excluding hydrogens is 166 g/mol. The highest BCUT2D eigenvalue weighted by atomic mass is 15.3. The van der Waals surface area contributed by atoms with E-state index in [2.05, 4.69) is 34.3 Å². The Balaban J connectivity index is 2.37. The Morgan fingerprint density at radius 3 is 3.08 bits per heavy atom. The lowest BCUT2D eigenvalue weighted by molar-refractivity contribution is 0.893. The average Bonchev–Trinajstić information content (AvgIpc) is 2.49. The fourth-order valence-electron chi connectivity index (χ4n) is 1.14. The van der Waals surface area contributed by atoms with Crippen molar-refractivity contribution in [3.05, 3.63) is 18.7 Å². The summed E-state index contributed by atoms with van der Waals surface area (Å²) in [6, 6.07) is 0.399. The minimum Gasteiger partial charge on any atom is -0.380 e. The van der Waals surface area contributed by atoms with Crippen LogP contribution in [0.2, 0.25) is 0 Å². The van der Waals surface area contributed by atoms with E-state index < -0.39 is 0 Å². The SMILES string of the molecule is CC(C)Nc1cnc2nncn2c1. The standard InChI is InChI=1S/C8H11N5/c1-6(2)11-7-3-9-8-12-10-5-13(8)4-7/h3-6,11H,1-2H3. The number of anilines is 1. The van der Waals surface area contributed by atoms with E-state index in [1.807, 2.05) is 6.20 Å². The van der Waals surface area contributed by atoms with Crippen molar-refractivity contribution in [2.75, 3.05) is 5.32 Å². The third-order valence-electron chi connectivity index (χ3n) is 1.61. The molecule has 2 heterocycles. The number of nitrogens with zero attached hydrogens (tertiary/aromatic N) is 4. The van der Waals surface area contributed by atoms with E-state index in [4.69, 9.17) is 0 Å². The van der Waals surface area contributed by atoms with Crippen LogP contribution in [0.25, 0.3) is 5.78 Å². The summed E-state index contributed by atoms with van der Waals surface area (Å²) in [7, 11) is 0. The van der Waals surface area contributed by atoms with Gasteiger partial charge in [0.25, 0.3) is 5.78 Å².